The van der Waals surface area contributed by atoms with Crippen LogP contribution in [0.2, 0.25) is 0 Å². The molecule has 1 fully saturated rings. The van der Waals surface area contributed by atoms with E-state index in [2.05, 4.69) is 0 Å². The van der Waals surface area contributed by atoms with Crippen molar-refractivity contribution in [3.8, 4) is 0 Å². The van der Waals surface area contributed by atoms with Gasteiger partial charge in [0.1, 0.15) is 0 Å². The fraction of sp³-hybridized carbons (Fsp3) is 0.417. The fourth-order valence-electron chi connectivity index (χ4n) is 2.05. The Morgan fingerprint density at radius 3 is 2.00 bits per heavy atom. The van der Waals surface area contributed by atoms with Crippen molar-refractivity contribution in [3.05, 3.63) is 44.0 Å². The first-order valence-corrected chi connectivity index (χ1v) is 6.38. The van der Waals surface area contributed by atoms with Crippen LogP contribution in [0.5, 0.6) is 0 Å². The number of hydroxylamine groups is 2. The molecule has 0 aromatic heterocycles. The van der Waals surface area contributed by atoms with Gasteiger partial charge in [-0.2, -0.15) is 0 Å². The molecular weight excluding hydrogens is 282 g/mol. The summed E-state index contributed by atoms with van der Waals surface area (Å²) in [5.41, 5.74) is -1.24. The molecule has 0 radical (unpaired) electrons. The largest absolute Gasteiger partial charge is 0.364 e. The van der Waals surface area contributed by atoms with Gasteiger partial charge in [-0.05, 0) is 12.8 Å². The predicted molar refractivity (Wildman–Crippen MR) is 70.6 cm³/mol. The minimum Gasteiger partial charge on any atom is -0.364 e. The number of carbonyl (C=O) groups is 1. The molecule has 2 rings (SSSR count). The summed E-state index contributed by atoms with van der Waals surface area (Å²) in [5.74, 6) is -0.830. The van der Waals surface area contributed by atoms with Crippen molar-refractivity contribution in [2.24, 2.45) is 0 Å². The van der Waals surface area contributed by atoms with Gasteiger partial charge in [0.25, 0.3) is 11.4 Å². The average molecular weight is 295 g/mol. The van der Waals surface area contributed by atoms with E-state index in [4.69, 9.17) is 4.84 Å². The van der Waals surface area contributed by atoms with Crippen molar-refractivity contribution in [2.45, 2.75) is 19.3 Å². The lowest BCUT2D eigenvalue weighted by Gasteiger charge is -2.24. The van der Waals surface area contributed by atoms with Crippen LogP contribution in [0.25, 0.3) is 0 Å². The van der Waals surface area contributed by atoms with Gasteiger partial charge in [-0.1, -0.05) is 6.42 Å². The van der Waals surface area contributed by atoms with Gasteiger partial charge in [0.05, 0.1) is 21.5 Å². The number of non-ortho nitro benzene ring substituents is 2. The van der Waals surface area contributed by atoms with E-state index in [1.54, 1.807) is 0 Å². The first-order chi connectivity index (χ1) is 9.97. The highest BCUT2D eigenvalue weighted by Gasteiger charge is 2.23. The Hall–Kier alpha value is -2.55. The molecule has 1 heterocycles. The smallest absolute Gasteiger partial charge is 0.357 e. The summed E-state index contributed by atoms with van der Waals surface area (Å²) in [4.78, 5) is 37.0. The number of nitro groups is 2. The second kappa shape index (κ2) is 6.27. The van der Waals surface area contributed by atoms with Crippen LogP contribution in [0.15, 0.2) is 18.2 Å². The molecule has 9 nitrogen and oxygen atoms in total. The number of piperidine rings is 1. The SMILES string of the molecule is O=C(ON1CCCCC1)c1cc([N+](=O)[O-])cc([N+](=O)[O-])c1. The Morgan fingerprint density at radius 1 is 1.00 bits per heavy atom. The van der Waals surface area contributed by atoms with Crippen molar-refractivity contribution in [1.29, 1.82) is 0 Å². The lowest BCUT2D eigenvalue weighted by Crippen LogP contribution is -2.32. The van der Waals surface area contributed by atoms with E-state index in [9.17, 15) is 25.0 Å². The summed E-state index contributed by atoms with van der Waals surface area (Å²) >= 11 is 0. The summed E-state index contributed by atoms with van der Waals surface area (Å²) in [6.07, 6.45) is 2.83. The zero-order chi connectivity index (χ0) is 15.4. The molecule has 9 heteroatoms. The molecule has 0 aliphatic carbocycles. The zero-order valence-corrected chi connectivity index (χ0v) is 11.1. The van der Waals surface area contributed by atoms with Gasteiger partial charge in [-0.25, -0.2) is 4.79 Å². The molecule has 0 amide bonds. The standard InChI is InChI=1S/C12H13N3O6/c16-12(21-13-4-2-1-3-5-13)9-6-10(14(17)18)8-11(7-9)15(19)20/h6-8H,1-5H2. The minimum atomic E-state index is -0.830. The second-order valence-corrected chi connectivity index (χ2v) is 4.62. The quantitative estimate of drug-likeness (QED) is 0.616. The lowest BCUT2D eigenvalue weighted by atomic mass is 10.1. The third-order valence-electron chi connectivity index (χ3n) is 3.09. The van der Waals surface area contributed by atoms with E-state index in [1.165, 1.54) is 5.06 Å². The van der Waals surface area contributed by atoms with Gasteiger partial charge >= 0.3 is 5.97 Å². The first kappa shape index (κ1) is 14.9. The van der Waals surface area contributed by atoms with Crippen molar-refractivity contribution < 1.29 is 19.5 Å². The second-order valence-electron chi connectivity index (χ2n) is 4.62. The summed E-state index contributed by atoms with van der Waals surface area (Å²) in [6.45, 7) is 1.17. The summed E-state index contributed by atoms with van der Waals surface area (Å²) in [5, 5.41) is 23.0. The molecule has 1 aromatic carbocycles. The first-order valence-electron chi connectivity index (χ1n) is 6.38. The number of benzene rings is 1. The third kappa shape index (κ3) is 3.72. The molecule has 1 aliphatic rings. The van der Waals surface area contributed by atoms with E-state index in [1.807, 2.05) is 0 Å². The maximum atomic E-state index is 12.0. The topological polar surface area (TPSA) is 116 Å². The van der Waals surface area contributed by atoms with Crippen LogP contribution in [-0.2, 0) is 4.84 Å². The van der Waals surface area contributed by atoms with Crippen LogP contribution < -0.4 is 0 Å². The summed E-state index contributed by atoms with van der Waals surface area (Å²) in [7, 11) is 0. The molecule has 0 spiro atoms. The summed E-state index contributed by atoms with van der Waals surface area (Å²) in [6, 6.07) is 2.75. The Morgan fingerprint density at radius 2 is 1.52 bits per heavy atom. The minimum absolute atomic E-state index is 0.207. The number of hydrogen-bond acceptors (Lipinski definition) is 7. The van der Waals surface area contributed by atoms with Crippen LogP contribution in [-0.4, -0.2) is 34.0 Å². The van der Waals surface area contributed by atoms with E-state index in [0.29, 0.717) is 13.1 Å². The van der Waals surface area contributed by atoms with Crippen LogP contribution in [0.3, 0.4) is 0 Å². The van der Waals surface area contributed by atoms with Gasteiger partial charge < -0.3 is 4.84 Å². The monoisotopic (exact) mass is 295 g/mol. The molecule has 0 saturated carbocycles. The van der Waals surface area contributed by atoms with Crippen LogP contribution in [0.1, 0.15) is 29.6 Å². The Balaban J connectivity index is 2.22. The predicted octanol–water partition coefficient (Wildman–Crippen LogP) is 2.06. The van der Waals surface area contributed by atoms with Gasteiger partial charge in [0, 0.05) is 25.2 Å². The van der Waals surface area contributed by atoms with E-state index in [-0.39, 0.29) is 5.56 Å². The Bertz CT molecular complexity index is 550. The van der Waals surface area contributed by atoms with Gasteiger partial charge in [-0.3, -0.25) is 20.2 Å². The third-order valence-corrected chi connectivity index (χ3v) is 3.09. The molecule has 1 aliphatic heterocycles. The number of carbonyl (C=O) groups excluding carboxylic acids is 1. The molecule has 1 aromatic rings. The van der Waals surface area contributed by atoms with E-state index >= 15 is 0 Å². The number of hydrogen-bond donors (Lipinski definition) is 0. The molecule has 0 atom stereocenters. The normalized spacial score (nSPS) is 15.4. The van der Waals surface area contributed by atoms with Gasteiger partial charge in [0.2, 0.25) is 0 Å². The van der Waals surface area contributed by atoms with Crippen LogP contribution in [0, 0.1) is 20.2 Å². The number of rotatable bonds is 4. The molecule has 112 valence electrons. The Labute approximate surface area is 119 Å². The molecule has 0 N–H and O–H groups in total. The van der Waals surface area contributed by atoms with Crippen molar-refractivity contribution >= 4 is 17.3 Å². The molecule has 0 unspecified atom stereocenters. The summed E-state index contributed by atoms with van der Waals surface area (Å²) < 4.78 is 0. The van der Waals surface area contributed by atoms with Gasteiger partial charge in [0.15, 0.2) is 0 Å². The molecule has 1 saturated heterocycles. The lowest BCUT2D eigenvalue weighted by molar-refractivity contribution is -0.394. The highest BCUT2D eigenvalue weighted by molar-refractivity contribution is 5.90. The van der Waals surface area contributed by atoms with Crippen molar-refractivity contribution in [2.75, 3.05) is 13.1 Å². The molecule has 0 bridgehead atoms. The van der Waals surface area contributed by atoms with E-state index in [0.717, 1.165) is 37.5 Å². The maximum absolute atomic E-state index is 12.0. The van der Waals surface area contributed by atoms with Crippen LogP contribution >= 0.6 is 0 Å². The fourth-order valence-corrected chi connectivity index (χ4v) is 2.05. The highest BCUT2D eigenvalue weighted by atomic mass is 16.7. The van der Waals surface area contributed by atoms with Gasteiger partial charge in [-0.15, -0.1) is 5.06 Å². The Kier molecular flexibility index (Phi) is 4.43. The number of nitro benzene ring substituents is 2. The van der Waals surface area contributed by atoms with Crippen LogP contribution in [0.4, 0.5) is 11.4 Å². The average Bonchev–Trinajstić information content (AvgIpc) is 2.47. The van der Waals surface area contributed by atoms with Crippen molar-refractivity contribution in [1.82, 2.24) is 5.06 Å². The zero-order valence-electron chi connectivity index (χ0n) is 11.1. The van der Waals surface area contributed by atoms with Crippen molar-refractivity contribution in [3.63, 3.8) is 0 Å². The number of nitrogens with zero attached hydrogens (tertiary/aromatic N) is 3. The van der Waals surface area contributed by atoms with E-state index < -0.39 is 27.2 Å². The molecular formula is C12H13N3O6. The maximum Gasteiger partial charge on any atom is 0.357 e. The molecule has 21 heavy (non-hydrogen) atoms. The highest BCUT2D eigenvalue weighted by Crippen LogP contribution is 2.23.